The van der Waals surface area contributed by atoms with Crippen molar-refractivity contribution in [3.8, 4) is 0 Å². The molecule has 0 spiro atoms. The van der Waals surface area contributed by atoms with Crippen molar-refractivity contribution in [3.63, 3.8) is 0 Å². The second-order valence-corrected chi connectivity index (χ2v) is 5.40. The van der Waals surface area contributed by atoms with E-state index in [0.717, 1.165) is 42.4 Å². The zero-order chi connectivity index (χ0) is 13.1. The molecule has 98 valence electrons. The van der Waals surface area contributed by atoms with Gasteiger partial charge in [-0.2, -0.15) is 0 Å². The van der Waals surface area contributed by atoms with Crippen LogP contribution in [-0.2, 0) is 4.79 Å². The first kappa shape index (κ1) is 13.1. The largest absolute Gasteiger partial charge is 0.481 e. The first-order valence-corrected chi connectivity index (χ1v) is 6.75. The molecule has 1 aromatic rings. The SMILES string of the molecule is Cc1cncc(C)c1C(C(=O)O)C1CCCCC1. The second-order valence-electron chi connectivity index (χ2n) is 5.40. The molecule has 0 saturated heterocycles. The average molecular weight is 247 g/mol. The summed E-state index contributed by atoms with van der Waals surface area (Å²) in [6, 6.07) is 0. The molecule has 1 aliphatic carbocycles. The maximum absolute atomic E-state index is 11.7. The summed E-state index contributed by atoms with van der Waals surface area (Å²) < 4.78 is 0. The maximum Gasteiger partial charge on any atom is 0.311 e. The van der Waals surface area contributed by atoms with Gasteiger partial charge in [-0.25, -0.2) is 0 Å². The molecule has 1 saturated carbocycles. The van der Waals surface area contributed by atoms with E-state index in [1.807, 2.05) is 13.8 Å². The summed E-state index contributed by atoms with van der Waals surface area (Å²) >= 11 is 0. The number of hydrogen-bond donors (Lipinski definition) is 1. The molecule has 1 unspecified atom stereocenters. The number of nitrogens with zero attached hydrogens (tertiary/aromatic N) is 1. The number of carboxylic acid groups (broad SMARTS) is 1. The number of hydrogen-bond acceptors (Lipinski definition) is 2. The Hall–Kier alpha value is -1.38. The number of carboxylic acids is 1. The lowest BCUT2D eigenvalue weighted by atomic mass is 9.75. The molecule has 1 N–H and O–H groups in total. The molecular weight excluding hydrogens is 226 g/mol. The van der Waals surface area contributed by atoms with Crippen molar-refractivity contribution in [2.75, 3.05) is 0 Å². The number of aliphatic carboxylic acids is 1. The molecule has 3 nitrogen and oxygen atoms in total. The Kier molecular flexibility index (Phi) is 4.00. The van der Waals surface area contributed by atoms with E-state index in [0.29, 0.717) is 0 Å². The third-order valence-electron chi connectivity index (χ3n) is 4.08. The van der Waals surface area contributed by atoms with Crippen LogP contribution < -0.4 is 0 Å². The van der Waals surface area contributed by atoms with E-state index in [4.69, 9.17) is 0 Å². The van der Waals surface area contributed by atoms with Gasteiger partial charge in [0.15, 0.2) is 0 Å². The van der Waals surface area contributed by atoms with Crippen LogP contribution in [0.1, 0.15) is 54.7 Å². The van der Waals surface area contributed by atoms with Crippen LogP contribution in [0.4, 0.5) is 0 Å². The minimum Gasteiger partial charge on any atom is -0.481 e. The summed E-state index contributed by atoms with van der Waals surface area (Å²) in [5, 5.41) is 9.61. The topological polar surface area (TPSA) is 50.2 Å². The van der Waals surface area contributed by atoms with Gasteiger partial charge in [0.2, 0.25) is 0 Å². The summed E-state index contributed by atoms with van der Waals surface area (Å²) in [6.07, 6.45) is 9.21. The molecule has 0 amide bonds. The molecule has 1 aromatic heterocycles. The van der Waals surface area contributed by atoms with Crippen molar-refractivity contribution in [2.24, 2.45) is 5.92 Å². The predicted octanol–water partition coefficient (Wildman–Crippen LogP) is 3.45. The fourth-order valence-electron chi connectivity index (χ4n) is 3.23. The number of carbonyl (C=O) groups is 1. The highest BCUT2D eigenvalue weighted by Crippen LogP contribution is 2.38. The molecule has 3 heteroatoms. The van der Waals surface area contributed by atoms with Crippen molar-refractivity contribution in [1.29, 1.82) is 0 Å². The first-order chi connectivity index (χ1) is 8.61. The Morgan fingerprint density at radius 3 is 2.28 bits per heavy atom. The molecule has 1 aliphatic rings. The van der Waals surface area contributed by atoms with Gasteiger partial charge < -0.3 is 5.11 Å². The van der Waals surface area contributed by atoms with Gasteiger partial charge in [0.25, 0.3) is 0 Å². The quantitative estimate of drug-likeness (QED) is 0.890. The van der Waals surface area contributed by atoms with Gasteiger partial charge in [-0.15, -0.1) is 0 Å². The van der Waals surface area contributed by atoms with Gasteiger partial charge in [0.1, 0.15) is 0 Å². The van der Waals surface area contributed by atoms with Gasteiger partial charge >= 0.3 is 5.97 Å². The molecule has 0 aliphatic heterocycles. The van der Waals surface area contributed by atoms with E-state index in [2.05, 4.69) is 4.98 Å². The Balaban J connectivity index is 2.37. The Bertz CT molecular complexity index is 416. The van der Waals surface area contributed by atoms with E-state index in [9.17, 15) is 9.90 Å². The Labute approximate surface area is 108 Å². The van der Waals surface area contributed by atoms with E-state index in [1.165, 1.54) is 6.42 Å². The molecule has 0 bridgehead atoms. The van der Waals surface area contributed by atoms with Crippen molar-refractivity contribution in [1.82, 2.24) is 4.98 Å². The van der Waals surface area contributed by atoms with Crippen LogP contribution in [0, 0.1) is 19.8 Å². The predicted molar refractivity (Wildman–Crippen MR) is 70.7 cm³/mol. The smallest absolute Gasteiger partial charge is 0.311 e. The molecule has 1 fully saturated rings. The zero-order valence-electron chi connectivity index (χ0n) is 11.1. The normalized spacial score (nSPS) is 18.6. The molecule has 0 aromatic carbocycles. The van der Waals surface area contributed by atoms with E-state index in [1.54, 1.807) is 12.4 Å². The second kappa shape index (κ2) is 5.51. The number of rotatable bonds is 3. The van der Waals surface area contributed by atoms with Crippen molar-refractivity contribution in [3.05, 3.63) is 29.1 Å². The fourth-order valence-corrected chi connectivity index (χ4v) is 3.23. The van der Waals surface area contributed by atoms with Gasteiger partial charge in [0.05, 0.1) is 5.92 Å². The molecule has 18 heavy (non-hydrogen) atoms. The molecule has 0 radical (unpaired) electrons. The van der Waals surface area contributed by atoms with Gasteiger partial charge in [0, 0.05) is 12.4 Å². The minimum absolute atomic E-state index is 0.288. The summed E-state index contributed by atoms with van der Waals surface area (Å²) in [5.74, 6) is -0.747. The summed E-state index contributed by atoms with van der Waals surface area (Å²) in [7, 11) is 0. The lowest BCUT2D eigenvalue weighted by Gasteiger charge is -2.29. The van der Waals surface area contributed by atoms with Gasteiger partial charge in [-0.3, -0.25) is 9.78 Å². The fraction of sp³-hybridized carbons (Fsp3) is 0.600. The molecular formula is C15H21NO2. The highest BCUT2D eigenvalue weighted by Gasteiger charge is 2.32. The van der Waals surface area contributed by atoms with E-state index in [-0.39, 0.29) is 11.8 Å². The van der Waals surface area contributed by atoms with Crippen LogP contribution >= 0.6 is 0 Å². The first-order valence-electron chi connectivity index (χ1n) is 6.75. The maximum atomic E-state index is 11.7. The van der Waals surface area contributed by atoms with Crippen LogP contribution in [0.2, 0.25) is 0 Å². The van der Waals surface area contributed by atoms with Crippen LogP contribution in [0.25, 0.3) is 0 Å². The van der Waals surface area contributed by atoms with Crippen LogP contribution in [0.5, 0.6) is 0 Å². The standard InChI is InChI=1S/C15H21NO2/c1-10-8-16-9-11(2)13(10)14(15(17)18)12-6-4-3-5-7-12/h8-9,12,14H,3-7H2,1-2H3,(H,17,18). The lowest BCUT2D eigenvalue weighted by molar-refractivity contribution is -0.140. The number of pyridine rings is 1. The Morgan fingerprint density at radius 2 is 1.78 bits per heavy atom. The van der Waals surface area contributed by atoms with Gasteiger partial charge in [-0.05, 0) is 49.3 Å². The Morgan fingerprint density at radius 1 is 1.22 bits per heavy atom. The third kappa shape index (κ3) is 2.55. The molecule has 1 heterocycles. The van der Waals surface area contributed by atoms with Crippen molar-refractivity contribution >= 4 is 5.97 Å². The van der Waals surface area contributed by atoms with Crippen LogP contribution in [0.3, 0.4) is 0 Å². The average Bonchev–Trinajstić information content (AvgIpc) is 2.34. The highest BCUT2D eigenvalue weighted by molar-refractivity contribution is 5.77. The number of aromatic nitrogens is 1. The zero-order valence-corrected chi connectivity index (χ0v) is 11.1. The van der Waals surface area contributed by atoms with Gasteiger partial charge in [-0.1, -0.05) is 19.3 Å². The molecule has 1 atom stereocenters. The summed E-state index contributed by atoms with van der Waals surface area (Å²) in [5.41, 5.74) is 3.00. The summed E-state index contributed by atoms with van der Waals surface area (Å²) in [6.45, 7) is 3.93. The van der Waals surface area contributed by atoms with E-state index < -0.39 is 5.97 Å². The van der Waals surface area contributed by atoms with Crippen LogP contribution in [0.15, 0.2) is 12.4 Å². The van der Waals surface area contributed by atoms with E-state index >= 15 is 0 Å². The third-order valence-corrected chi connectivity index (χ3v) is 4.08. The van der Waals surface area contributed by atoms with Crippen molar-refractivity contribution < 1.29 is 9.90 Å². The monoisotopic (exact) mass is 247 g/mol. The minimum atomic E-state index is -0.681. The highest BCUT2D eigenvalue weighted by atomic mass is 16.4. The van der Waals surface area contributed by atoms with Crippen LogP contribution in [-0.4, -0.2) is 16.1 Å². The summed E-state index contributed by atoms with van der Waals surface area (Å²) in [4.78, 5) is 15.8. The molecule has 2 rings (SSSR count). The lowest BCUT2D eigenvalue weighted by Crippen LogP contribution is -2.25. The van der Waals surface area contributed by atoms with Crippen molar-refractivity contribution in [2.45, 2.75) is 51.9 Å². The number of aryl methyl sites for hydroxylation is 2.